The average molecular weight is 320 g/mol. The Balaban J connectivity index is 1.96. The first-order chi connectivity index (χ1) is 10.1. The van der Waals surface area contributed by atoms with Crippen molar-refractivity contribution in [2.24, 2.45) is 0 Å². The fourth-order valence-corrected chi connectivity index (χ4v) is 3.89. The number of carbonyl (C=O) groups is 1. The molecule has 1 aliphatic heterocycles. The van der Waals surface area contributed by atoms with E-state index in [4.69, 9.17) is 16.7 Å². The van der Waals surface area contributed by atoms with Gasteiger partial charge in [0, 0.05) is 15.7 Å². The molecule has 1 heterocycles. The summed E-state index contributed by atoms with van der Waals surface area (Å²) in [6, 6.07) is 13.8. The summed E-state index contributed by atoms with van der Waals surface area (Å²) in [5.41, 5.74) is 3.22. The highest BCUT2D eigenvalue weighted by Gasteiger charge is 2.22. The van der Waals surface area contributed by atoms with Gasteiger partial charge in [-0.3, -0.25) is 0 Å². The molecule has 0 spiro atoms. The first kappa shape index (κ1) is 14.3. The first-order valence-corrected chi connectivity index (χ1v) is 8.02. The fourth-order valence-electron chi connectivity index (χ4n) is 2.54. The van der Waals surface area contributed by atoms with Crippen LogP contribution >= 0.6 is 23.4 Å². The quantitative estimate of drug-likeness (QED) is 0.835. The van der Waals surface area contributed by atoms with E-state index in [0.717, 1.165) is 33.8 Å². The van der Waals surface area contributed by atoms with Crippen LogP contribution in [0.3, 0.4) is 0 Å². The van der Waals surface area contributed by atoms with Gasteiger partial charge in [-0.1, -0.05) is 35.9 Å². The predicted molar refractivity (Wildman–Crippen MR) is 86.1 cm³/mol. The lowest BCUT2D eigenvalue weighted by Crippen LogP contribution is -2.29. The summed E-state index contributed by atoms with van der Waals surface area (Å²) in [5.74, 6) is 0.914. The number of rotatable bonds is 2. The van der Waals surface area contributed by atoms with E-state index in [9.17, 15) is 4.79 Å². The third-order valence-electron chi connectivity index (χ3n) is 3.51. The number of nitrogens with one attached hydrogen (secondary N) is 1. The summed E-state index contributed by atoms with van der Waals surface area (Å²) in [4.78, 5) is 12.0. The molecule has 1 unspecified atom stereocenters. The Bertz CT molecular complexity index is 690. The number of thioether (sulfide) groups is 1. The average Bonchev–Trinajstić information content (AvgIpc) is 2.46. The molecular formula is C16H14ClNO2S. The van der Waals surface area contributed by atoms with Gasteiger partial charge in [0.15, 0.2) is 0 Å². The van der Waals surface area contributed by atoms with Gasteiger partial charge in [0.05, 0.1) is 6.04 Å². The van der Waals surface area contributed by atoms with Crippen LogP contribution in [0.2, 0.25) is 5.02 Å². The Kier molecular flexibility index (Phi) is 4.08. The lowest BCUT2D eigenvalue weighted by Gasteiger charge is -2.25. The minimum absolute atomic E-state index is 0.118. The largest absolute Gasteiger partial charge is 0.465 e. The second kappa shape index (κ2) is 6.00. The minimum atomic E-state index is -0.975. The van der Waals surface area contributed by atoms with Crippen molar-refractivity contribution in [1.82, 2.24) is 5.32 Å². The Morgan fingerprint density at radius 3 is 2.81 bits per heavy atom. The highest BCUT2D eigenvalue weighted by molar-refractivity contribution is 7.99. The molecule has 0 saturated carbocycles. The molecule has 0 radical (unpaired) electrons. The number of benzene rings is 2. The molecular weight excluding hydrogens is 306 g/mol. The Hall–Kier alpha value is -1.65. The molecule has 108 valence electrons. The lowest BCUT2D eigenvalue weighted by molar-refractivity contribution is 0.189. The molecule has 1 aliphatic rings. The zero-order valence-corrected chi connectivity index (χ0v) is 12.7. The van der Waals surface area contributed by atoms with Crippen LogP contribution in [0.1, 0.15) is 18.0 Å². The summed E-state index contributed by atoms with van der Waals surface area (Å²) in [6.07, 6.45) is -0.155. The van der Waals surface area contributed by atoms with Crippen LogP contribution in [0, 0.1) is 0 Å². The van der Waals surface area contributed by atoms with Gasteiger partial charge in [-0.2, -0.15) is 0 Å². The molecule has 0 fully saturated rings. The molecule has 1 atom stereocenters. The van der Waals surface area contributed by atoms with Crippen molar-refractivity contribution in [2.45, 2.75) is 17.4 Å². The van der Waals surface area contributed by atoms with Crippen LogP contribution in [-0.4, -0.2) is 17.0 Å². The van der Waals surface area contributed by atoms with E-state index in [2.05, 4.69) is 11.4 Å². The number of fused-ring (bicyclic) bond motifs is 1. The van der Waals surface area contributed by atoms with Crippen molar-refractivity contribution in [3.63, 3.8) is 0 Å². The van der Waals surface area contributed by atoms with Crippen LogP contribution < -0.4 is 5.32 Å². The second-order valence-electron chi connectivity index (χ2n) is 4.90. The third-order valence-corrected chi connectivity index (χ3v) is 4.85. The molecule has 2 aromatic rings. The van der Waals surface area contributed by atoms with E-state index in [1.54, 1.807) is 11.8 Å². The first-order valence-electron chi connectivity index (χ1n) is 6.65. The molecule has 21 heavy (non-hydrogen) atoms. The van der Waals surface area contributed by atoms with E-state index >= 15 is 0 Å². The molecule has 0 saturated heterocycles. The maximum Gasteiger partial charge on any atom is 0.405 e. The van der Waals surface area contributed by atoms with E-state index < -0.39 is 6.09 Å². The molecule has 1 amide bonds. The smallest absolute Gasteiger partial charge is 0.405 e. The number of hydrogen-bond acceptors (Lipinski definition) is 2. The lowest BCUT2D eigenvalue weighted by atomic mass is 9.99. The van der Waals surface area contributed by atoms with E-state index in [1.807, 2.05) is 36.4 Å². The van der Waals surface area contributed by atoms with Crippen molar-refractivity contribution < 1.29 is 9.90 Å². The van der Waals surface area contributed by atoms with Gasteiger partial charge >= 0.3 is 6.09 Å². The molecule has 3 rings (SSSR count). The van der Waals surface area contributed by atoms with Crippen LogP contribution in [0.25, 0.3) is 11.1 Å². The van der Waals surface area contributed by atoms with Gasteiger partial charge < -0.3 is 10.4 Å². The van der Waals surface area contributed by atoms with Gasteiger partial charge in [0.2, 0.25) is 0 Å². The van der Waals surface area contributed by atoms with Crippen molar-refractivity contribution in [3.05, 3.63) is 53.1 Å². The van der Waals surface area contributed by atoms with Gasteiger partial charge in [0.25, 0.3) is 0 Å². The molecule has 3 nitrogen and oxygen atoms in total. The van der Waals surface area contributed by atoms with Gasteiger partial charge in [-0.25, -0.2) is 4.79 Å². The summed E-state index contributed by atoms with van der Waals surface area (Å²) in [6.45, 7) is 0. The van der Waals surface area contributed by atoms with Crippen molar-refractivity contribution in [1.29, 1.82) is 0 Å². The molecule has 0 aliphatic carbocycles. The summed E-state index contributed by atoms with van der Waals surface area (Å²) < 4.78 is 0. The SMILES string of the molecule is O=C(O)NC1CCSc2cc(-c3cccc(Cl)c3)ccc21. The zero-order chi connectivity index (χ0) is 14.8. The van der Waals surface area contributed by atoms with Crippen LogP contribution in [0.15, 0.2) is 47.4 Å². The molecule has 5 heteroatoms. The summed E-state index contributed by atoms with van der Waals surface area (Å²) in [7, 11) is 0. The highest BCUT2D eigenvalue weighted by Crippen LogP contribution is 2.38. The third kappa shape index (κ3) is 3.17. The van der Waals surface area contributed by atoms with E-state index in [-0.39, 0.29) is 6.04 Å². The Labute approximate surface area is 132 Å². The summed E-state index contributed by atoms with van der Waals surface area (Å²) in [5, 5.41) is 12.2. The van der Waals surface area contributed by atoms with Crippen molar-refractivity contribution in [2.75, 3.05) is 5.75 Å². The van der Waals surface area contributed by atoms with Crippen molar-refractivity contribution in [3.8, 4) is 11.1 Å². The Morgan fingerprint density at radius 2 is 2.05 bits per heavy atom. The monoisotopic (exact) mass is 319 g/mol. The van der Waals surface area contributed by atoms with Gasteiger partial charge in [-0.15, -0.1) is 11.8 Å². The van der Waals surface area contributed by atoms with Crippen LogP contribution in [0.5, 0.6) is 0 Å². The number of carboxylic acid groups (broad SMARTS) is 1. The number of halogens is 1. The van der Waals surface area contributed by atoms with E-state index in [1.165, 1.54) is 0 Å². The fraction of sp³-hybridized carbons (Fsp3) is 0.188. The van der Waals surface area contributed by atoms with Crippen LogP contribution in [0.4, 0.5) is 4.79 Å². The maximum absolute atomic E-state index is 10.9. The predicted octanol–water partition coefficient (Wildman–Crippen LogP) is 4.81. The van der Waals surface area contributed by atoms with Gasteiger partial charge in [-0.05, 0) is 41.3 Å². The molecule has 2 aromatic carbocycles. The minimum Gasteiger partial charge on any atom is -0.465 e. The number of hydrogen-bond donors (Lipinski definition) is 2. The van der Waals surface area contributed by atoms with E-state index in [0.29, 0.717) is 5.02 Å². The molecule has 2 N–H and O–H groups in total. The zero-order valence-electron chi connectivity index (χ0n) is 11.2. The van der Waals surface area contributed by atoms with Gasteiger partial charge in [0.1, 0.15) is 0 Å². The molecule has 0 bridgehead atoms. The van der Waals surface area contributed by atoms with Crippen molar-refractivity contribution >= 4 is 29.5 Å². The highest BCUT2D eigenvalue weighted by atomic mass is 35.5. The Morgan fingerprint density at radius 1 is 1.24 bits per heavy atom. The van der Waals surface area contributed by atoms with Crippen LogP contribution in [-0.2, 0) is 0 Å². The topological polar surface area (TPSA) is 49.3 Å². The summed E-state index contributed by atoms with van der Waals surface area (Å²) >= 11 is 7.80. The standard InChI is InChI=1S/C16H14ClNO2S/c17-12-3-1-2-10(8-12)11-4-5-13-14(18-16(19)20)6-7-21-15(13)9-11/h1-5,8-9,14,18H,6-7H2,(H,19,20). The molecule has 0 aromatic heterocycles. The normalized spacial score (nSPS) is 17.1. The maximum atomic E-state index is 10.9. The second-order valence-corrected chi connectivity index (χ2v) is 6.48. The number of amides is 1.